The lowest BCUT2D eigenvalue weighted by molar-refractivity contribution is -0.129. The molecule has 23 heavy (non-hydrogen) atoms. The van der Waals surface area contributed by atoms with Crippen LogP contribution in [-0.2, 0) is 11.3 Å². The molecule has 3 rings (SSSR count). The Bertz CT molecular complexity index is 582. The van der Waals surface area contributed by atoms with Crippen molar-refractivity contribution >= 4 is 11.6 Å². The number of halogens is 2. The predicted molar refractivity (Wildman–Crippen MR) is 86.5 cm³/mol. The molecule has 1 aromatic rings. The molecule has 1 N–H and O–H groups in total. The summed E-state index contributed by atoms with van der Waals surface area (Å²) in [6, 6.07) is 8.09. The topological polar surface area (TPSA) is 32.3 Å². The maximum Gasteiger partial charge on any atom is 0.248 e. The Morgan fingerprint density at radius 1 is 1.22 bits per heavy atom. The zero-order valence-electron chi connectivity index (χ0n) is 13.1. The first-order valence-electron chi connectivity index (χ1n) is 8.18. The minimum atomic E-state index is -2.59. The fourth-order valence-electron chi connectivity index (χ4n) is 3.19. The van der Waals surface area contributed by atoms with E-state index in [-0.39, 0.29) is 37.5 Å². The van der Waals surface area contributed by atoms with Gasteiger partial charge in [0.2, 0.25) is 11.8 Å². The summed E-state index contributed by atoms with van der Waals surface area (Å²) in [5.74, 6) is -2.97. The summed E-state index contributed by atoms with van der Waals surface area (Å²) in [4.78, 5) is 14.4. The first-order chi connectivity index (χ1) is 11.0. The Kier molecular flexibility index (Phi) is 4.64. The number of nitrogens with one attached hydrogen (secondary N) is 1. The lowest BCUT2D eigenvalue weighted by Crippen LogP contribution is -2.35. The van der Waals surface area contributed by atoms with Crippen LogP contribution in [0.5, 0.6) is 0 Å². The lowest BCUT2D eigenvalue weighted by Gasteiger charge is -2.27. The van der Waals surface area contributed by atoms with Crippen LogP contribution in [0.2, 0.25) is 0 Å². The van der Waals surface area contributed by atoms with Gasteiger partial charge in [-0.05, 0) is 30.5 Å². The Morgan fingerprint density at radius 3 is 2.61 bits per heavy atom. The van der Waals surface area contributed by atoms with E-state index >= 15 is 0 Å². The highest BCUT2D eigenvalue weighted by Crippen LogP contribution is 2.36. The number of nitrogens with zero attached hydrogens (tertiary/aromatic N) is 1. The van der Waals surface area contributed by atoms with Crippen LogP contribution in [0.3, 0.4) is 0 Å². The van der Waals surface area contributed by atoms with Crippen LogP contribution in [-0.4, -0.2) is 24.9 Å². The molecule has 0 atom stereocenters. The van der Waals surface area contributed by atoms with Crippen molar-refractivity contribution < 1.29 is 13.6 Å². The zero-order valence-corrected chi connectivity index (χ0v) is 13.1. The van der Waals surface area contributed by atoms with Crippen LogP contribution < -0.4 is 10.2 Å². The number of anilines is 1. The molecule has 2 aliphatic rings. The molecule has 1 aromatic carbocycles. The number of benzene rings is 1. The van der Waals surface area contributed by atoms with Crippen LogP contribution in [0, 0.1) is 5.92 Å². The van der Waals surface area contributed by atoms with E-state index in [1.807, 2.05) is 12.1 Å². The highest BCUT2D eigenvalue weighted by molar-refractivity contribution is 5.78. The second-order valence-corrected chi connectivity index (χ2v) is 6.39. The van der Waals surface area contributed by atoms with Crippen molar-refractivity contribution in [1.29, 1.82) is 0 Å². The third-order valence-corrected chi connectivity index (χ3v) is 4.65. The van der Waals surface area contributed by atoms with Crippen molar-refractivity contribution in [2.24, 2.45) is 5.92 Å². The molecule has 1 aliphatic heterocycles. The van der Waals surface area contributed by atoms with E-state index in [9.17, 15) is 13.6 Å². The SMILES string of the molecule is O=C(NCc1cccc(N2CC=CC2)c1)C1CCC(F)(F)CC1. The van der Waals surface area contributed by atoms with Gasteiger partial charge in [-0.2, -0.15) is 0 Å². The second-order valence-electron chi connectivity index (χ2n) is 6.39. The molecule has 124 valence electrons. The molecule has 0 spiro atoms. The molecule has 0 radical (unpaired) electrons. The number of hydrogen-bond donors (Lipinski definition) is 1. The average Bonchev–Trinajstić information content (AvgIpc) is 3.07. The smallest absolute Gasteiger partial charge is 0.248 e. The van der Waals surface area contributed by atoms with Crippen LogP contribution in [0.25, 0.3) is 0 Å². The van der Waals surface area contributed by atoms with Crippen molar-refractivity contribution in [1.82, 2.24) is 5.32 Å². The fraction of sp³-hybridized carbons (Fsp3) is 0.500. The van der Waals surface area contributed by atoms with Gasteiger partial charge in [0.25, 0.3) is 0 Å². The first-order valence-corrected chi connectivity index (χ1v) is 8.18. The molecular formula is C18H22F2N2O. The first kappa shape index (κ1) is 16.0. The van der Waals surface area contributed by atoms with Crippen LogP contribution in [0.1, 0.15) is 31.2 Å². The van der Waals surface area contributed by atoms with Gasteiger partial charge in [0.05, 0.1) is 0 Å². The van der Waals surface area contributed by atoms with Crippen LogP contribution in [0.15, 0.2) is 36.4 Å². The van der Waals surface area contributed by atoms with Crippen LogP contribution >= 0.6 is 0 Å². The quantitative estimate of drug-likeness (QED) is 0.861. The van der Waals surface area contributed by atoms with E-state index < -0.39 is 5.92 Å². The molecular weight excluding hydrogens is 298 g/mol. The summed E-state index contributed by atoms with van der Waals surface area (Å²) in [5.41, 5.74) is 2.17. The molecule has 0 saturated heterocycles. The van der Waals surface area contributed by atoms with E-state index in [1.54, 1.807) is 0 Å². The van der Waals surface area contributed by atoms with E-state index in [4.69, 9.17) is 0 Å². The molecule has 3 nitrogen and oxygen atoms in total. The Labute approximate surface area is 135 Å². The standard InChI is InChI=1S/C18H22F2N2O/c19-18(20)8-6-15(7-9-18)17(23)21-13-14-4-3-5-16(12-14)22-10-1-2-11-22/h1-5,12,15H,6-11,13H2,(H,21,23). The van der Waals surface area contributed by atoms with Gasteiger partial charge in [-0.1, -0.05) is 24.3 Å². The second kappa shape index (κ2) is 6.69. The minimum Gasteiger partial charge on any atom is -0.364 e. The number of carbonyl (C=O) groups is 1. The van der Waals surface area contributed by atoms with E-state index in [1.165, 1.54) is 0 Å². The van der Waals surface area contributed by atoms with Gasteiger partial charge in [0, 0.05) is 44.1 Å². The maximum atomic E-state index is 13.1. The number of carbonyl (C=O) groups excluding carboxylic acids is 1. The lowest BCUT2D eigenvalue weighted by atomic mass is 9.86. The normalized spacial score (nSPS) is 20.7. The molecule has 0 aromatic heterocycles. The van der Waals surface area contributed by atoms with E-state index in [0.717, 1.165) is 24.3 Å². The zero-order chi connectivity index (χ0) is 16.3. The van der Waals surface area contributed by atoms with Gasteiger partial charge in [-0.3, -0.25) is 4.79 Å². The number of alkyl halides is 2. The third kappa shape index (κ3) is 4.09. The summed E-state index contributed by atoms with van der Waals surface area (Å²) in [7, 11) is 0. The number of amides is 1. The molecule has 0 bridgehead atoms. The molecule has 1 amide bonds. The average molecular weight is 320 g/mol. The molecule has 1 saturated carbocycles. The third-order valence-electron chi connectivity index (χ3n) is 4.65. The largest absolute Gasteiger partial charge is 0.364 e. The van der Waals surface area contributed by atoms with Gasteiger partial charge in [0.1, 0.15) is 0 Å². The summed E-state index contributed by atoms with van der Waals surface area (Å²) in [5, 5.41) is 2.90. The van der Waals surface area contributed by atoms with Crippen molar-refractivity contribution in [3.8, 4) is 0 Å². The maximum absolute atomic E-state index is 13.1. The van der Waals surface area contributed by atoms with Crippen molar-refractivity contribution in [3.05, 3.63) is 42.0 Å². The Balaban J connectivity index is 1.52. The van der Waals surface area contributed by atoms with E-state index in [2.05, 4.69) is 34.5 Å². The Hall–Kier alpha value is -1.91. The molecule has 0 unspecified atom stereocenters. The Morgan fingerprint density at radius 2 is 1.91 bits per heavy atom. The van der Waals surface area contributed by atoms with Crippen molar-refractivity contribution in [2.45, 2.75) is 38.2 Å². The van der Waals surface area contributed by atoms with Gasteiger partial charge in [-0.15, -0.1) is 0 Å². The van der Waals surface area contributed by atoms with Crippen molar-refractivity contribution in [2.75, 3.05) is 18.0 Å². The number of rotatable bonds is 4. The summed E-state index contributed by atoms with van der Waals surface area (Å²) in [6.07, 6.45) is 4.46. The highest BCUT2D eigenvalue weighted by atomic mass is 19.3. The fourth-order valence-corrected chi connectivity index (χ4v) is 3.19. The van der Waals surface area contributed by atoms with Crippen LogP contribution in [0.4, 0.5) is 14.5 Å². The van der Waals surface area contributed by atoms with Gasteiger partial charge >= 0.3 is 0 Å². The van der Waals surface area contributed by atoms with E-state index in [0.29, 0.717) is 6.54 Å². The minimum absolute atomic E-state index is 0.103. The number of hydrogen-bond acceptors (Lipinski definition) is 2. The summed E-state index contributed by atoms with van der Waals surface area (Å²) < 4.78 is 26.3. The molecule has 1 heterocycles. The van der Waals surface area contributed by atoms with Gasteiger partial charge in [0.15, 0.2) is 0 Å². The van der Waals surface area contributed by atoms with Gasteiger partial charge < -0.3 is 10.2 Å². The molecule has 1 aliphatic carbocycles. The summed E-state index contributed by atoms with van der Waals surface area (Å²) >= 11 is 0. The highest BCUT2D eigenvalue weighted by Gasteiger charge is 2.37. The van der Waals surface area contributed by atoms with Gasteiger partial charge in [-0.25, -0.2) is 8.78 Å². The molecule has 5 heteroatoms. The summed E-state index contributed by atoms with van der Waals surface area (Å²) in [6.45, 7) is 2.26. The monoisotopic (exact) mass is 320 g/mol. The molecule has 1 fully saturated rings. The van der Waals surface area contributed by atoms with Crippen molar-refractivity contribution in [3.63, 3.8) is 0 Å². The predicted octanol–water partition coefficient (Wildman–Crippen LogP) is 3.50.